The molecule has 0 bridgehead atoms. The normalized spacial score (nSPS) is 16.2. The van der Waals surface area contributed by atoms with Gasteiger partial charge in [0.1, 0.15) is 5.69 Å². The number of halogens is 1. The SMILES string of the molecule is CC(C)n1cc(Br)cc1C(=O)NC1CCC1. The van der Waals surface area contributed by atoms with E-state index in [1.54, 1.807) is 0 Å². The molecular weight excluding hydrogens is 268 g/mol. The van der Waals surface area contributed by atoms with Gasteiger partial charge in [-0.2, -0.15) is 0 Å². The summed E-state index contributed by atoms with van der Waals surface area (Å²) in [5.74, 6) is 0.0455. The van der Waals surface area contributed by atoms with Crippen molar-refractivity contribution in [3.8, 4) is 0 Å². The molecule has 1 fully saturated rings. The lowest BCUT2D eigenvalue weighted by molar-refractivity contribution is 0.0906. The third kappa shape index (κ3) is 2.32. The van der Waals surface area contributed by atoms with Gasteiger partial charge in [0.15, 0.2) is 0 Å². The lowest BCUT2D eigenvalue weighted by Gasteiger charge is -2.26. The number of hydrogen-bond acceptors (Lipinski definition) is 1. The predicted molar refractivity (Wildman–Crippen MR) is 67.6 cm³/mol. The molecule has 1 aliphatic carbocycles. The summed E-state index contributed by atoms with van der Waals surface area (Å²) >= 11 is 3.42. The second-order valence-electron chi connectivity index (χ2n) is 4.65. The molecule has 88 valence electrons. The fraction of sp³-hybridized carbons (Fsp3) is 0.583. The van der Waals surface area contributed by atoms with E-state index in [1.807, 2.05) is 16.8 Å². The highest BCUT2D eigenvalue weighted by molar-refractivity contribution is 9.10. The number of amides is 1. The molecule has 0 atom stereocenters. The highest BCUT2D eigenvalue weighted by Gasteiger charge is 2.22. The highest BCUT2D eigenvalue weighted by Crippen LogP contribution is 2.22. The molecule has 0 radical (unpaired) electrons. The molecule has 1 amide bonds. The first kappa shape index (κ1) is 11.7. The first-order valence-corrected chi connectivity index (χ1v) is 6.55. The zero-order valence-electron chi connectivity index (χ0n) is 9.66. The van der Waals surface area contributed by atoms with E-state index in [1.165, 1.54) is 6.42 Å². The van der Waals surface area contributed by atoms with Crippen LogP contribution in [0.15, 0.2) is 16.7 Å². The zero-order valence-corrected chi connectivity index (χ0v) is 11.3. The third-order valence-electron chi connectivity index (χ3n) is 3.04. The maximum Gasteiger partial charge on any atom is 0.268 e. The van der Waals surface area contributed by atoms with Crippen LogP contribution in [0.3, 0.4) is 0 Å². The van der Waals surface area contributed by atoms with Crippen molar-refractivity contribution >= 4 is 21.8 Å². The summed E-state index contributed by atoms with van der Waals surface area (Å²) < 4.78 is 2.96. The fourth-order valence-corrected chi connectivity index (χ4v) is 2.30. The van der Waals surface area contributed by atoms with E-state index in [0.717, 1.165) is 23.0 Å². The van der Waals surface area contributed by atoms with E-state index >= 15 is 0 Å². The maximum absolute atomic E-state index is 12.0. The highest BCUT2D eigenvalue weighted by atomic mass is 79.9. The van der Waals surface area contributed by atoms with E-state index in [2.05, 4.69) is 35.1 Å². The van der Waals surface area contributed by atoms with Crippen LogP contribution in [-0.4, -0.2) is 16.5 Å². The quantitative estimate of drug-likeness (QED) is 0.909. The van der Waals surface area contributed by atoms with Crippen molar-refractivity contribution in [3.05, 3.63) is 22.4 Å². The minimum Gasteiger partial charge on any atom is -0.348 e. The molecule has 1 heterocycles. The lowest BCUT2D eigenvalue weighted by Crippen LogP contribution is -2.40. The fourth-order valence-electron chi connectivity index (χ4n) is 1.87. The van der Waals surface area contributed by atoms with Crippen LogP contribution >= 0.6 is 15.9 Å². The molecule has 1 N–H and O–H groups in total. The smallest absolute Gasteiger partial charge is 0.268 e. The summed E-state index contributed by atoms with van der Waals surface area (Å²) in [5, 5.41) is 3.06. The van der Waals surface area contributed by atoms with Crippen molar-refractivity contribution in [2.24, 2.45) is 0 Å². The average Bonchev–Trinajstić information content (AvgIpc) is 2.53. The van der Waals surface area contributed by atoms with Crippen LogP contribution < -0.4 is 5.32 Å². The minimum atomic E-state index is 0.0455. The molecule has 16 heavy (non-hydrogen) atoms. The van der Waals surface area contributed by atoms with E-state index in [-0.39, 0.29) is 5.91 Å². The topological polar surface area (TPSA) is 34.0 Å². The summed E-state index contributed by atoms with van der Waals surface area (Å²) in [5.41, 5.74) is 0.744. The van der Waals surface area contributed by atoms with Gasteiger partial charge in [0.05, 0.1) is 0 Å². The van der Waals surface area contributed by atoms with Crippen LogP contribution in [-0.2, 0) is 0 Å². The van der Waals surface area contributed by atoms with Gasteiger partial charge in [-0.15, -0.1) is 0 Å². The van der Waals surface area contributed by atoms with E-state index in [4.69, 9.17) is 0 Å². The van der Waals surface area contributed by atoms with Crippen molar-refractivity contribution in [2.45, 2.75) is 45.2 Å². The van der Waals surface area contributed by atoms with Crippen molar-refractivity contribution < 1.29 is 4.79 Å². The predicted octanol–water partition coefficient (Wildman–Crippen LogP) is 3.11. The molecule has 0 spiro atoms. The maximum atomic E-state index is 12.0. The summed E-state index contributed by atoms with van der Waals surface area (Å²) in [6.45, 7) is 4.15. The number of carbonyl (C=O) groups excluding carboxylic acids is 1. The Labute approximate surface area is 104 Å². The van der Waals surface area contributed by atoms with Gasteiger partial charge in [-0.3, -0.25) is 4.79 Å². The van der Waals surface area contributed by atoms with Crippen molar-refractivity contribution in [1.82, 2.24) is 9.88 Å². The van der Waals surface area contributed by atoms with Crippen molar-refractivity contribution in [3.63, 3.8) is 0 Å². The molecule has 1 aliphatic rings. The van der Waals surface area contributed by atoms with Gasteiger partial charge in [-0.05, 0) is 55.1 Å². The first-order chi connectivity index (χ1) is 7.58. The van der Waals surface area contributed by atoms with Gasteiger partial charge >= 0.3 is 0 Å². The Balaban J connectivity index is 2.14. The van der Waals surface area contributed by atoms with Crippen LogP contribution in [0.25, 0.3) is 0 Å². The number of nitrogens with zero attached hydrogens (tertiary/aromatic N) is 1. The molecule has 0 aliphatic heterocycles. The van der Waals surface area contributed by atoms with Crippen LogP contribution in [0, 0.1) is 0 Å². The molecule has 1 aromatic rings. The van der Waals surface area contributed by atoms with E-state index < -0.39 is 0 Å². The molecule has 1 aromatic heterocycles. The molecular formula is C12H17BrN2O. The summed E-state index contributed by atoms with van der Waals surface area (Å²) in [4.78, 5) is 12.0. The second-order valence-corrected chi connectivity index (χ2v) is 5.56. The van der Waals surface area contributed by atoms with Crippen LogP contribution in [0.1, 0.15) is 49.6 Å². The van der Waals surface area contributed by atoms with Gasteiger partial charge < -0.3 is 9.88 Å². The molecule has 4 heteroatoms. The van der Waals surface area contributed by atoms with Crippen molar-refractivity contribution in [2.75, 3.05) is 0 Å². The Kier molecular flexibility index (Phi) is 3.38. The Bertz CT molecular complexity index is 394. The monoisotopic (exact) mass is 284 g/mol. The Morgan fingerprint density at radius 3 is 2.75 bits per heavy atom. The number of nitrogens with one attached hydrogen (secondary N) is 1. The molecule has 0 saturated heterocycles. The lowest BCUT2D eigenvalue weighted by atomic mass is 9.93. The number of rotatable bonds is 3. The van der Waals surface area contributed by atoms with E-state index in [0.29, 0.717) is 12.1 Å². The second kappa shape index (κ2) is 4.62. The third-order valence-corrected chi connectivity index (χ3v) is 3.48. The summed E-state index contributed by atoms with van der Waals surface area (Å²) in [6.07, 6.45) is 5.44. The Hall–Kier alpha value is -0.770. The molecule has 0 aromatic carbocycles. The van der Waals surface area contributed by atoms with Gasteiger partial charge in [0.2, 0.25) is 0 Å². The summed E-state index contributed by atoms with van der Waals surface area (Å²) in [6, 6.07) is 2.57. The number of hydrogen-bond donors (Lipinski definition) is 1. The van der Waals surface area contributed by atoms with Gasteiger partial charge in [0, 0.05) is 22.8 Å². The zero-order chi connectivity index (χ0) is 11.7. The molecule has 1 saturated carbocycles. The number of carbonyl (C=O) groups is 1. The largest absolute Gasteiger partial charge is 0.348 e. The Morgan fingerprint density at radius 2 is 2.25 bits per heavy atom. The van der Waals surface area contributed by atoms with Gasteiger partial charge in [-0.1, -0.05) is 0 Å². The minimum absolute atomic E-state index is 0.0455. The number of aromatic nitrogens is 1. The average molecular weight is 285 g/mol. The molecule has 3 nitrogen and oxygen atoms in total. The van der Waals surface area contributed by atoms with Gasteiger partial charge in [-0.25, -0.2) is 0 Å². The van der Waals surface area contributed by atoms with Crippen LogP contribution in [0.4, 0.5) is 0 Å². The Morgan fingerprint density at radius 1 is 1.56 bits per heavy atom. The standard InChI is InChI=1S/C12H17BrN2O/c1-8(2)15-7-9(13)6-11(15)12(16)14-10-4-3-5-10/h6-8,10H,3-5H2,1-2H3,(H,14,16). The molecule has 0 unspecified atom stereocenters. The summed E-state index contributed by atoms with van der Waals surface area (Å²) in [7, 11) is 0. The van der Waals surface area contributed by atoms with Crippen LogP contribution in [0.2, 0.25) is 0 Å². The van der Waals surface area contributed by atoms with Crippen LogP contribution in [0.5, 0.6) is 0 Å². The van der Waals surface area contributed by atoms with Gasteiger partial charge in [0.25, 0.3) is 5.91 Å². The van der Waals surface area contributed by atoms with E-state index in [9.17, 15) is 4.79 Å². The van der Waals surface area contributed by atoms with Crippen molar-refractivity contribution in [1.29, 1.82) is 0 Å². The molecule has 2 rings (SSSR count). The first-order valence-electron chi connectivity index (χ1n) is 5.76.